The van der Waals surface area contributed by atoms with Gasteiger partial charge < -0.3 is 14.8 Å². The number of hydrogen-bond acceptors (Lipinski definition) is 4. The normalized spacial score (nSPS) is 13.7. The van der Waals surface area contributed by atoms with Crippen LogP contribution in [0.3, 0.4) is 0 Å². The van der Waals surface area contributed by atoms with E-state index in [0.717, 1.165) is 5.56 Å². The van der Waals surface area contributed by atoms with Gasteiger partial charge in [-0.05, 0) is 37.1 Å². The Balaban J connectivity index is 3.08. The molecule has 1 aromatic rings. The van der Waals surface area contributed by atoms with Crippen LogP contribution in [0.5, 0.6) is 0 Å². The van der Waals surface area contributed by atoms with E-state index < -0.39 is 11.5 Å². The quantitative estimate of drug-likeness (QED) is 0.806. The molecule has 0 saturated carbocycles. The Bertz CT molecular complexity index is 430. The molecule has 0 bridgehead atoms. The number of rotatable bonds is 6. The van der Waals surface area contributed by atoms with E-state index >= 15 is 0 Å². The lowest BCUT2D eigenvalue weighted by Crippen LogP contribution is -2.50. The first-order valence-corrected chi connectivity index (χ1v) is 6.10. The van der Waals surface area contributed by atoms with Crippen molar-refractivity contribution < 1.29 is 18.7 Å². The van der Waals surface area contributed by atoms with Crippen molar-refractivity contribution in [3.63, 3.8) is 0 Å². The zero-order valence-corrected chi connectivity index (χ0v) is 11.7. The van der Waals surface area contributed by atoms with Crippen molar-refractivity contribution in [2.45, 2.75) is 25.8 Å². The zero-order chi connectivity index (χ0) is 14.5. The molecule has 0 fully saturated rings. The Morgan fingerprint density at radius 1 is 1.37 bits per heavy atom. The number of anilines is 1. The van der Waals surface area contributed by atoms with Crippen LogP contribution in [0.1, 0.15) is 18.9 Å². The van der Waals surface area contributed by atoms with E-state index in [1.807, 2.05) is 6.92 Å². The minimum atomic E-state index is -1.01. The number of nitrogens with one attached hydrogen (secondary N) is 1. The van der Waals surface area contributed by atoms with E-state index in [4.69, 9.17) is 9.47 Å². The highest BCUT2D eigenvalue weighted by Crippen LogP contribution is 2.23. The van der Waals surface area contributed by atoms with Crippen molar-refractivity contribution in [1.82, 2.24) is 0 Å². The van der Waals surface area contributed by atoms with E-state index in [1.54, 1.807) is 13.0 Å². The average Bonchev–Trinajstić information content (AvgIpc) is 2.36. The second kappa shape index (κ2) is 6.52. The minimum Gasteiger partial charge on any atom is -0.467 e. The van der Waals surface area contributed by atoms with Gasteiger partial charge in [0.25, 0.3) is 0 Å². The first kappa shape index (κ1) is 15.4. The molecule has 0 heterocycles. The number of carbonyl (C=O) groups excluding carboxylic acids is 1. The second-order valence-electron chi connectivity index (χ2n) is 4.50. The maximum atomic E-state index is 13.4. The lowest BCUT2D eigenvalue weighted by Gasteiger charge is -2.31. The van der Waals surface area contributed by atoms with Crippen LogP contribution >= 0.6 is 0 Å². The Hall–Kier alpha value is -1.62. The molecule has 1 rings (SSSR count). The Morgan fingerprint density at radius 3 is 2.53 bits per heavy atom. The summed E-state index contributed by atoms with van der Waals surface area (Å²) in [6.07, 6.45) is 0.461. The van der Waals surface area contributed by atoms with Crippen LogP contribution in [0.25, 0.3) is 0 Å². The molecule has 106 valence electrons. The minimum absolute atomic E-state index is 0.145. The number of benzene rings is 1. The van der Waals surface area contributed by atoms with Crippen molar-refractivity contribution >= 4 is 11.7 Å². The van der Waals surface area contributed by atoms with E-state index in [2.05, 4.69) is 5.32 Å². The molecule has 0 aliphatic carbocycles. The molecule has 0 aromatic heterocycles. The highest BCUT2D eigenvalue weighted by Gasteiger charge is 2.38. The molecule has 0 radical (unpaired) electrons. The van der Waals surface area contributed by atoms with Crippen LogP contribution in [-0.4, -0.2) is 32.3 Å². The summed E-state index contributed by atoms with van der Waals surface area (Å²) >= 11 is 0. The smallest absolute Gasteiger partial charge is 0.333 e. The highest BCUT2D eigenvalue weighted by atomic mass is 19.1. The van der Waals surface area contributed by atoms with Crippen LogP contribution in [0.15, 0.2) is 18.2 Å². The molecular formula is C14H20FNO3. The van der Waals surface area contributed by atoms with E-state index in [0.29, 0.717) is 12.1 Å². The summed E-state index contributed by atoms with van der Waals surface area (Å²) in [6, 6.07) is 4.54. The van der Waals surface area contributed by atoms with Crippen molar-refractivity contribution in [3.05, 3.63) is 29.6 Å². The number of aryl methyl sites for hydroxylation is 1. The monoisotopic (exact) mass is 269 g/mol. The van der Waals surface area contributed by atoms with Crippen LogP contribution in [0.4, 0.5) is 10.1 Å². The zero-order valence-electron chi connectivity index (χ0n) is 11.7. The predicted molar refractivity (Wildman–Crippen MR) is 71.7 cm³/mol. The molecule has 5 heteroatoms. The fourth-order valence-corrected chi connectivity index (χ4v) is 2.01. The molecule has 1 N–H and O–H groups in total. The Morgan fingerprint density at radius 2 is 2.05 bits per heavy atom. The molecule has 0 saturated heterocycles. The summed E-state index contributed by atoms with van der Waals surface area (Å²) < 4.78 is 23.3. The summed E-state index contributed by atoms with van der Waals surface area (Å²) in [5.41, 5.74) is 0.292. The SMILES string of the molecule is CCC(COC)(Nc1cc(C)cc(F)c1)C(=O)OC. The molecule has 1 unspecified atom stereocenters. The van der Waals surface area contributed by atoms with Gasteiger partial charge in [-0.1, -0.05) is 6.92 Å². The summed E-state index contributed by atoms with van der Waals surface area (Å²) in [6.45, 7) is 3.77. The topological polar surface area (TPSA) is 47.6 Å². The fraction of sp³-hybridized carbons (Fsp3) is 0.500. The Labute approximate surface area is 112 Å². The first-order valence-electron chi connectivity index (χ1n) is 6.10. The molecule has 0 amide bonds. The van der Waals surface area contributed by atoms with Gasteiger partial charge in [-0.25, -0.2) is 9.18 Å². The van der Waals surface area contributed by atoms with Gasteiger partial charge in [0.1, 0.15) is 5.82 Å². The largest absolute Gasteiger partial charge is 0.467 e. The van der Waals surface area contributed by atoms with Crippen molar-refractivity contribution in [3.8, 4) is 0 Å². The van der Waals surface area contributed by atoms with Gasteiger partial charge in [0.2, 0.25) is 0 Å². The molecule has 19 heavy (non-hydrogen) atoms. The maximum Gasteiger partial charge on any atom is 0.333 e. The number of methoxy groups -OCH3 is 2. The summed E-state index contributed by atoms with van der Waals surface area (Å²) in [5, 5.41) is 3.04. The molecule has 1 atom stereocenters. The van der Waals surface area contributed by atoms with Crippen LogP contribution in [0.2, 0.25) is 0 Å². The molecule has 0 aliphatic rings. The summed E-state index contributed by atoms with van der Waals surface area (Å²) in [5.74, 6) is -0.784. The van der Waals surface area contributed by atoms with Gasteiger partial charge in [0.05, 0.1) is 13.7 Å². The standard InChI is InChI=1S/C14H20FNO3/c1-5-14(9-18-3,13(17)19-4)16-12-7-10(2)6-11(15)8-12/h6-8,16H,5,9H2,1-4H3. The maximum absolute atomic E-state index is 13.4. The third-order valence-corrected chi connectivity index (χ3v) is 3.00. The molecule has 1 aromatic carbocycles. The molecular weight excluding hydrogens is 249 g/mol. The van der Waals surface area contributed by atoms with Gasteiger partial charge in [-0.2, -0.15) is 0 Å². The van der Waals surface area contributed by atoms with Gasteiger partial charge in [-0.15, -0.1) is 0 Å². The van der Waals surface area contributed by atoms with Crippen LogP contribution in [0, 0.1) is 12.7 Å². The van der Waals surface area contributed by atoms with E-state index in [1.165, 1.54) is 26.4 Å². The number of carbonyl (C=O) groups is 1. The number of esters is 1. The predicted octanol–water partition coefficient (Wildman–Crippen LogP) is 2.51. The van der Waals surface area contributed by atoms with Crippen molar-refractivity contribution in [1.29, 1.82) is 0 Å². The molecule has 4 nitrogen and oxygen atoms in total. The number of ether oxygens (including phenoxy) is 2. The second-order valence-corrected chi connectivity index (χ2v) is 4.50. The van der Waals surface area contributed by atoms with Gasteiger partial charge in [0, 0.05) is 12.8 Å². The summed E-state index contributed by atoms with van der Waals surface area (Å²) in [4.78, 5) is 12.0. The average molecular weight is 269 g/mol. The first-order chi connectivity index (χ1) is 8.97. The number of halogens is 1. The summed E-state index contributed by atoms with van der Waals surface area (Å²) in [7, 11) is 2.83. The molecule has 0 spiro atoms. The Kier molecular flexibility index (Phi) is 5.30. The van der Waals surface area contributed by atoms with Gasteiger partial charge in [-0.3, -0.25) is 0 Å². The van der Waals surface area contributed by atoms with Crippen LogP contribution in [-0.2, 0) is 14.3 Å². The van der Waals surface area contributed by atoms with Crippen molar-refractivity contribution in [2.75, 3.05) is 26.1 Å². The third kappa shape index (κ3) is 3.67. The lowest BCUT2D eigenvalue weighted by atomic mass is 9.96. The fourth-order valence-electron chi connectivity index (χ4n) is 2.01. The number of hydrogen-bond donors (Lipinski definition) is 1. The van der Waals surface area contributed by atoms with Gasteiger partial charge in [0.15, 0.2) is 5.54 Å². The lowest BCUT2D eigenvalue weighted by molar-refractivity contribution is -0.148. The van der Waals surface area contributed by atoms with E-state index in [9.17, 15) is 9.18 Å². The van der Waals surface area contributed by atoms with E-state index in [-0.39, 0.29) is 12.4 Å². The van der Waals surface area contributed by atoms with Gasteiger partial charge >= 0.3 is 5.97 Å². The van der Waals surface area contributed by atoms with Crippen molar-refractivity contribution in [2.24, 2.45) is 0 Å². The third-order valence-electron chi connectivity index (χ3n) is 3.00. The highest BCUT2D eigenvalue weighted by molar-refractivity contribution is 5.84. The molecule has 0 aliphatic heterocycles. The van der Waals surface area contributed by atoms with Crippen LogP contribution < -0.4 is 5.32 Å².